The molecule has 0 spiro atoms. The van der Waals surface area contributed by atoms with E-state index < -0.39 is 0 Å². The van der Waals surface area contributed by atoms with Crippen LogP contribution >= 0.6 is 15.9 Å². The first-order valence-electron chi connectivity index (χ1n) is 5.80. The van der Waals surface area contributed by atoms with Crippen molar-refractivity contribution in [1.29, 1.82) is 0 Å². The number of hydrogen-bond donors (Lipinski definition) is 1. The van der Waals surface area contributed by atoms with Crippen LogP contribution in [-0.2, 0) is 12.0 Å². The van der Waals surface area contributed by atoms with Gasteiger partial charge >= 0.3 is 0 Å². The molecule has 1 heterocycles. The van der Waals surface area contributed by atoms with Crippen molar-refractivity contribution < 1.29 is 0 Å². The van der Waals surface area contributed by atoms with Gasteiger partial charge in [-0.25, -0.2) is 4.98 Å². The molecule has 0 fully saturated rings. The molecule has 0 saturated heterocycles. The lowest BCUT2D eigenvalue weighted by atomic mass is 9.95. The molecule has 0 aliphatic rings. The highest BCUT2D eigenvalue weighted by molar-refractivity contribution is 9.10. The van der Waals surface area contributed by atoms with E-state index in [1.807, 2.05) is 12.1 Å². The molecule has 3 nitrogen and oxygen atoms in total. The topological polar surface area (TPSA) is 43.8 Å². The number of para-hydroxylation sites is 1. The van der Waals surface area contributed by atoms with Gasteiger partial charge in [-0.3, -0.25) is 0 Å². The molecule has 0 atom stereocenters. The first kappa shape index (κ1) is 12.6. The fourth-order valence-electron chi connectivity index (χ4n) is 2.04. The van der Waals surface area contributed by atoms with E-state index in [4.69, 9.17) is 10.7 Å². The maximum absolute atomic E-state index is 5.70. The number of benzene rings is 1. The molecule has 0 radical (unpaired) electrons. The summed E-state index contributed by atoms with van der Waals surface area (Å²) in [6.45, 7) is 7.96. The summed E-state index contributed by atoms with van der Waals surface area (Å²) in [5.74, 6) is 1.09. The van der Waals surface area contributed by atoms with Gasteiger partial charge in [-0.2, -0.15) is 0 Å². The van der Waals surface area contributed by atoms with Crippen molar-refractivity contribution in [3.8, 4) is 0 Å². The molecule has 1 aromatic heterocycles. The fourth-order valence-corrected chi connectivity index (χ4v) is 2.49. The lowest BCUT2D eigenvalue weighted by Crippen LogP contribution is -2.21. The van der Waals surface area contributed by atoms with Gasteiger partial charge in [0.1, 0.15) is 11.3 Å². The van der Waals surface area contributed by atoms with Crippen molar-refractivity contribution in [2.75, 3.05) is 6.54 Å². The van der Waals surface area contributed by atoms with Crippen LogP contribution in [0, 0.1) is 0 Å². The molecule has 1 aromatic carbocycles. The van der Waals surface area contributed by atoms with Crippen molar-refractivity contribution in [2.24, 2.45) is 5.73 Å². The van der Waals surface area contributed by atoms with Gasteiger partial charge in [0.2, 0.25) is 0 Å². The number of nitrogens with two attached hydrogens (primary N) is 1. The monoisotopic (exact) mass is 295 g/mol. The third-order valence-corrected chi connectivity index (χ3v) is 3.39. The largest absolute Gasteiger partial charge is 0.329 e. The first-order chi connectivity index (χ1) is 7.95. The summed E-state index contributed by atoms with van der Waals surface area (Å²) in [5.41, 5.74) is 7.89. The standard InChI is InChI=1S/C13H18BrN3/c1-13(2,3)12-16-11-9(14)5-4-6-10(11)17(12)8-7-15/h4-6H,7-8,15H2,1-3H3. The van der Waals surface area contributed by atoms with E-state index in [9.17, 15) is 0 Å². The van der Waals surface area contributed by atoms with Crippen LogP contribution in [0.5, 0.6) is 0 Å². The zero-order valence-corrected chi connectivity index (χ0v) is 12.1. The van der Waals surface area contributed by atoms with Crippen molar-refractivity contribution in [3.63, 3.8) is 0 Å². The zero-order chi connectivity index (χ0) is 12.6. The van der Waals surface area contributed by atoms with Gasteiger partial charge in [0.05, 0.1) is 5.52 Å². The van der Waals surface area contributed by atoms with Gasteiger partial charge in [0, 0.05) is 23.0 Å². The third-order valence-electron chi connectivity index (χ3n) is 2.75. The lowest BCUT2D eigenvalue weighted by molar-refractivity contribution is 0.506. The molecule has 0 saturated carbocycles. The number of imidazole rings is 1. The second kappa shape index (κ2) is 4.42. The van der Waals surface area contributed by atoms with E-state index in [2.05, 4.69) is 47.3 Å². The Kier molecular flexibility index (Phi) is 3.27. The Bertz CT molecular complexity index is 537. The highest BCUT2D eigenvalue weighted by Crippen LogP contribution is 2.29. The maximum Gasteiger partial charge on any atom is 0.115 e. The molecular formula is C13H18BrN3. The number of fused-ring (bicyclic) bond motifs is 1. The average Bonchev–Trinajstić information content (AvgIpc) is 2.59. The number of halogens is 1. The van der Waals surface area contributed by atoms with Crippen molar-refractivity contribution in [1.82, 2.24) is 9.55 Å². The minimum atomic E-state index is 0.0215. The Hall–Kier alpha value is -0.870. The van der Waals surface area contributed by atoms with Gasteiger partial charge in [-0.05, 0) is 28.1 Å². The van der Waals surface area contributed by atoms with E-state index in [1.165, 1.54) is 0 Å². The molecule has 2 N–H and O–H groups in total. The van der Waals surface area contributed by atoms with Crippen LogP contribution in [0.2, 0.25) is 0 Å². The SMILES string of the molecule is CC(C)(C)c1nc2c(Br)cccc2n1CCN. The van der Waals surface area contributed by atoms with Crippen LogP contribution in [0.25, 0.3) is 11.0 Å². The number of hydrogen-bond acceptors (Lipinski definition) is 2. The molecule has 4 heteroatoms. The maximum atomic E-state index is 5.70. The minimum Gasteiger partial charge on any atom is -0.329 e. The zero-order valence-electron chi connectivity index (χ0n) is 10.5. The van der Waals surface area contributed by atoms with Gasteiger partial charge in [-0.15, -0.1) is 0 Å². The van der Waals surface area contributed by atoms with Crippen LogP contribution in [-0.4, -0.2) is 16.1 Å². The van der Waals surface area contributed by atoms with Gasteiger partial charge in [-0.1, -0.05) is 26.8 Å². The van der Waals surface area contributed by atoms with Crippen LogP contribution < -0.4 is 5.73 Å². The fraction of sp³-hybridized carbons (Fsp3) is 0.462. The summed E-state index contributed by atoms with van der Waals surface area (Å²) in [4.78, 5) is 4.76. The van der Waals surface area contributed by atoms with Crippen LogP contribution in [0.3, 0.4) is 0 Å². The van der Waals surface area contributed by atoms with E-state index in [0.717, 1.165) is 27.9 Å². The summed E-state index contributed by atoms with van der Waals surface area (Å²) in [7, 11) is 0. The highest BCUT2D eigenvalue weighted by Gasteiger charge is 2.23. The Labute approximate surface area is 110 Å². The van der Waals surface area contributed by atoms with Crippen LogP contribution in [0.1, 0.15) is 26.6 Å². The normalized spacial score (nSPS) is 12.3. The Balaban J connectivity index is 2.75. The van der Waals surface area contributed by atoms with E-state index in [1.54, 1.807) is 0 Å². The second-order valence-electron chi connectivity index (χ2n) is 5.23. The summed E-state index contributed by atoms with van der Waals surface area (Å²) in [6, 6.07) is 6.15. The average molecular weight is 296 g/mol. The summed E-state index contributed by atoms with van der Waals surface area (Å²) in [6.07, 6.45) is 0. The third kappa shape index (κ3) is 2.24. The van der Waals surface area contributed by atoms with Crippen LogP contribution in [0.15, 0.2) is 22.7 Å². The van der Waals surface area contributed by atoms with Gasteiger partial charge in [0.25, 0.3) is 0 Å². The summed E-state index contributed by atoms with van der Waals surface area (Å²) >= 11 is 3.56. The highest BCUT2D eigenvalue weighted by atomic mass is 79.9. The molecule has 0 amide bonds. The number of nitrogens with zero attached hydrogens (tertiary/aromatic N) is 2. The van der Waals surface area contributed by atoms with Crippen molar-refractivity contribution in [3.05, 3.63) is 28.5 Å². The molecule has 92 valence electrons. The summed E-state index contributed by atoms with van der Waals surface area (Å²) in [5, 5.41) is 0. The van der Waals surface area contributed by atoms with Gasteiger partial charge in [0.15, 0.2) is 0 Å². The first-order valence-corrected chi connectivity index (χ1v) is 6.59. The molecule has 2 aromatic rings. The molecule has 2 rings (SSSR count). The Morgan fingerprint density at radius 3 is 2.65 bits per heavy atom. The Morgan fingerprint density at radius 2 is 2.06 bits per heavy atom. The molecule has 0 bridgehead atoms. The smallest absolute Gasteiger partial charge is 0.115 e. The molecular weight excluding hydrogens is 278 g/mol. The molecule has 0 unspecified atom stereocenters. The van der Waals surface area contributed by atoms with Crippen molar-refractivity contribution >= 4 is 27.0 Å². The predicted octanol–water partition coefficient (Wildman–Crippen LogP) is 3.06. The van der Waals surface area contributed by atoms with Gasteiger partial charge < -0.3 is 10.3 Å². The van der Waals surface area contributed by atoms with E-state index in [0.29, 0.717) is 6.54 Å². The molecule has 17 heavy (non-hydrogen) atoms. The van der Waals surface area contributed by atoms with Crippen LogP contribution in [0.4, 0.5) is 0 Å². The Morgan fingerprint density at radius 1 is 1.35 bits per heavy atom. The van der Waals surface area contributed by atoms with E-state index in [-0.39, 0.29) is 5.41 Å². The second-order valence-corrected chi connectivity index (χ2v) is 6.09. The molecule has 0 aliphatic heterocycles. The van der Waals surface area contributed by atoms with E-state index >= 15 is 0 Å². The predicted molar refractivity (Wildman–Crippen MR) is 75.2 cm³/mol. The quantitative estimate of drug-likeness (QED) is 0.925. The minimum absolute atomic E-state index is 0.0215. The molecule has 0 aliphatic carbocycles. The summed E-state index contributed by atoms with van der Waals surface area (Å²) < 4.78 is 3.26. The van der Waals surface area contributed by atoms with Crippen molar-refractivity contribution in [2.45, 2.75) is 32.7 Å². The number of aromatic nitrogens is 2. The lowest BCUT2D eigenvalue weighted by Gasteiger charge is -2.19. The number of rotatable bonds is 2.